The van der Waals surface area contributed by atoms with Crippen LogP contribution in [0.5, 0.6) is 5.75 Å². The molecule has 1 aromatic carbocycles. The highest BCUT2D eigenvalue weighted by Crippen LogP contribution is 2.16. The van der Waals surface area contributed by atoms with Gasteiger partial charge in [-0.15, -0.1) is 0 Å². The van der Waals surface area contributed by atoms with Crippen molar-refractivity contribution in [2.45, 2.75) is 193 Å². The molecule has 41 heavy (non-hydrogen) atoms. The van der Waals surface area contributed by atoms with Crippen molar-refractivity contribution in [2.24, 2.45) is 0 Å². The normalized spacial score (nSPS) is 11.2. The predicted molar refractivity (Wildman–Crippen MR) is 180 cm³/mol. The van der Waals surface area contributed by atoms with Gasteiger partial charge in [-0.05, 0) is 24.1 Å². The van der Waals surface area contributed by atoms with Gasteiger partial charge in [-0.1, -0.05) is 192 Å². The van der Waals surface area contributed by atoms with E-state index in [9.17, 15) is 9.90 Å². The number of nitrogens with one attached hydrogen (secondary N) is 1. The number of carbonyl (C=O) groups excluding carboxylic acids is 1. The van der Waals surface area contributed by atoms with Crippen LogP contribution in [0.15, 0.2) is 24.3 Å². The molecule has 0 saturated carbocycles. The molecule has 0 heterocycles. The summed E-state index contributed by atoms with van der Waals surface area (Å²) in [6.45, 7) is 3.07. The molecule has 0 fully saturated rings. The smallest absolute Gasteiger partial charge is 0.224 e. The maximum Gasteiger partial charge on any atom is 0.224 e. The molecule has 0 bridgehead atoms. The Morgan fingerprint density at radius 1 is 0.488 bits per heavy atom. The molecule has 238 valence electrons. The second-order valence-electron chi connectivity index (χ2n) is 12.7. The number of phenols is 1. The lowest BCUT2D eigenvalue weighted by atomic mass is 10.0. The van der Waals surface area contributed by atoms with E-state index in [0.29, 0.717) is 6.42 Å². The number of hydrogen-bond donors (Lipinski definition) is 2. The van der Waals surface area contributed by atoms with Gasteiger partial charge in [0.1, 0.15) is 5.75 Å². The molecule has 0 aromatic heterocycles. The van der Waals surface area contributed by atoms with E-state index in [0.717, 1.165) is 18.5 Å². The van der Waals surface area contributed by atoms with Crippen LogP contribution in [0.25, 0.3) is 0 Å². The third-order valence-electron chi connectivity index (χ3n) is 8.65. The Kier molecular flexibility index (Phi) is 27.4. The summed E-state index contributed by atoms with van der Waals surface area (Å²) in [6, 6.07) is 6.87. The summed E-state index contributed by atoms with van der Waals surface area (Å²) in [5.74, 6) is 0.311. The maximum atomic E-state index is 12.0. The molecule has 1 aromatic rings. The van der Waals surface area contributed by atoms with Gasteiger partial charge >= 0.3 is 0 Å². The second-order valence-corrected chi connectivity index (χ2v) is 12.7. The van der Waals surface area contributed by atoms with Crippen LogP contribution in [0.3, 0.4) is 0 Å². The summed E-state index contributed by atoms with van der Waals surface area (Å²) in [5, 5.41) is 12.3. The third kappa shape index (κ3) is 27.1. The van der Waals surface area contributed by atoms with Gasteiger partial charge in [-0.2, -0.15) is 0 Å². The molecule has 0 saturated heterocycles. The minimum absolute atomic E-state index is 0.0701. The number of amides is 1. The largest absolute Gasteiger partial charge is 0.508 e. The van der Waals surface area contributed by atoms with Gasteiger partial charge in [0, 0.05) is 6.54 Å². The highest BCUT2D eigenvalue weighted by molar-refractivity contribution is 5.78. The Morgan fingerprint density at radius 2 is 0.780 bits per heavy atom. The SMILES string of the molecule is CCCCCCCCCCCCCCCCCCCCCCCCCCCCCCNC(=O)Cc1ccc(O)cc1. The molecular formula is C38H69NO2. The summed E-state index contributed by atoms with van der Waals surface area (Å²) < 4.78 is 0. The monoisotopic (exact) mass is 572 g/mol. The number of phenolic OH excluding ortho intramolecular Hbond substituents is 1. The average molecular weight is 572 g/mol. The zero-order valence-corrected chi connectivity index (χ0v) is 27.4. The quantitative estimate of drug-likeness (QED) is 0.0871. The van der Waals surface area contributed by atoms with E-state index in [1.54, 1.807) is 24.3 Å². The highest BCUT2D eigenvalue weighted by atomic mass is 16.3. The number of rotatable bonds is 31. The van der Waals surface area contributed by atoms with Gasteiger partial charge in [0.15, 0.2) is 0 Å². The molecule has 0 aliphatic heterocycles. The summed E-state index contributed by atoms with van der Waals surface area (Å²) >= 11 is 0. The molecular weight excluding hydrogens is 502 g/mol. The zero-order chi connectivity index (χ0) is 29.5. The second kappa shape index (κ2) is 30.0. The van der Waals surface area contributed by atoms with Crippen molar-refractivity contribution in [2.75, 3.05) is 6.54 Å². The Hall–Kier alpha value is -1.51. The molecule has 0 spiro atoms. The van der Waals surface area contributed by atoms with Crippen molar-refractivity contribution in [3.05, 3.63) is 29.8 Å². The Morgan fingerprint density at radius 3 is 1.10 bits per heavy atom. The minimum Gasteiger partial charge on any atom is -0.508 e. The third-order valence-corrected chi connectivity index (χ3v) is 8.65. The van der Waals surface area contributed by atoms with E-state index in [2.05, 4.69) is 12.2 Å². The number of benzene rings is 1. The molecule has 0 aliphatic carbocycles. The van der Waals surface area contributed by atoms with Crippen LogP contribution in [0, 0.1) is 0 Å². The fourth-order valence-electron chi connectivity index (χ4n) is 5.88. The standard InChI is InChI=1S/C38H69NO2/c1-2-3-4-5-6-7-8-9-10-11-12-13-14-15-16-17-18-19-20-21-22-23-24-25-26-27-28-29-34-39-38(41)35-36-30-32-37(40)33-31-36/h30-33,40H,2-29,34-35H2,1H3,(H,39,41). The van der Waals surface area contributed by atoms with Crippen LogP contribution >= 0.6 is 0 Å². The van der Waals surface area contributed by atoms with Gasteiger partial charge in [0.25, 0.3) is 0 Å². The van der Waals surface area contributed by atoms with Crippen molar-refractivity contribution in [1.29, 1.82) is 0 Å². The molecule has 3 heteroatoms. The lowest BCUT2D eigenvalue weighted by Gasteiger charge is -2.06. The van der Waals surface area contributed by atoms with Crippen molar-refractivity contribution < 1.29 is 9.90 Å². The lowest BCUT2D eigenvalue weighted by Crippen LogP contribution is -2.26. The van der Waals surface area contributed by atoms with Crippen molar-refractivity contribution >= 4 is 5.91 Å². The van der Waals surface area contributed by atoms with Gasteiger partial charge in [-0.3, -0.25) is 4.79 Å². The zero-order valence-electron chi connectivity index (χ0n) is 27.4. The molecule has 2 N–H and O–H groups in total. The number of hydrogen-bond acceptors (Lipinski definition) is 2. The van der Waals surface area contributed by atoms with Gasteiger partial charge < -0.3 is 10.4 Å². The van der Waals surface area contributed by atoms with Crippen molar-refractivity contribution in [3.63, 3.8) is 0 Å². The summed E-state index contributed by atoms with van der Waals surface area (Å²) in [6.07, 6.45) is 40.0. The van der Waals surface area contributed by atoms with Gasteiger partial charge in [-0.25, -0.2) is 0 Å². The van der Waals surface area contributed by atoms with E-state index >= 15 is 0 Å². The Labute approximate surface area is 256 Å². The van der Waals surface area contributed by atoms with Crippen LogP contribution < -0.4 is 5.32 Å². The van der Waals surface area contributed by atoms with Crippen molar-refractivity contribution in [3.8, 4) is 5.75 Å². The summed E-state index contributed by atoms with van der Waals surface area (Å²) in [7, 11) is 0. The van der Waals surface area contributed by atoms with Crippen LogP contribution in [-0.4, -0.2) is 17.6 Å². The molecule has 0 radical (unpaired) electrons. The molecule has 3 nitrogen and oxygen atoms in total. The molecule has 0 unspecified atom stereocenters. The van der Waals surface area contributed by atoms with Crippen LogP contribution in [0.2, 0.25) is 0 Å². The first-order chi connectivity index (χ1) is 20.2. The first-order valence-corrected chi connectivity index (χ1v) is 18.3. The van der Waals surface area contributed by atoms with E-state index in [1.807, 2.05) is 0 Å². The molecule has 0 atom stereocenters. The fourth-order valence-corrected chi connectivity index (χ4v) is 5.88. The van der Waals surface area contributed by atoms with Crippen LogP contribution in [-0.2, 0) is 11.2 Å². The first kappa shape index (κ1) is 37.5. The lowest BCUT2D eigenvalue weighted by molar-refractivity contribution is -0.120. The minimum atomic E-state index is 0.0701. The van der Waals surface area contributed by atoms with Crippen LogP contribution in [0.1, 0.15) is 192 Å². The van der Waals surface area contributed by atoms with Crippen molar-refractivity contribution in [1.82, 2.24) is 5.32 Å². The average Bonchev–Trinajstić information content (AvgIpc) is 2.97. The van der Waals surface area contributed by atoms with Gasteiger partial charge in [0.2, 0.25) is 5.91 Å². The predicted octanol–water partition coefficient (Wildman–Crippen LogP) is 12.0. The molecule has 0 aliphatic rings. The molecule has 1 rings (SSSR count). The summed E-state index contributed by atoms with van der Waals surface area (Å²) in [4.78, 5) is 12.0. The van der Waals surface area contributed by atoms with Crippen LogP contribution in [0.4, 0.5) is 0 Å². The molecule has 1 amide bonds. The van der Waals surface area contributed by atoms with E-state index in [1.165, 1.54) is 173 Å². The number of carbonyl (C=O) groups is 1. The highest BCUT2D eigenvalue weighted by Gasteiger charge is 2.03. The Balaban J connectivity index is 1.67. The first-order valence-electron chi connectivity index (χ1n) is 18.3. The Bertz CT molecular complexity index is 671. The van der Waals surface area contributed by atoms with Gasteiger partial charge in [0.05, 0.1) is 6.42 Å². The number of aromatic hydroxyl groups is 1. The van der Waals surface area contributed by atoms with E-state index in [4.69, 9.17) is 0 Å². The maximum absolute atomic E-state index is 12.0. The van der Waals surface area contributed by atoms with E-state index < -0.39 is 0 Å². The fraction of sp³-hybridized carbons (Fsp3) is 0.816. The summed E-state index contributed by atoms with van der Waals surface area (Å²) in [5.41, 5.74) is 0.940. The number of unbranched alkanes of at least 4 members (excludes halogenated alkanes) is 27. The van der Waals surface area contributed by atoms with E-state index in [-0.39, 0.29) is 11.7 Å². The topological polar surface area (TPSA) is 49.3 Å².